The Hall–Kier alpha value is -1.10. The maximum absolute atomic E-state index is 11.2. The zero-order valence-corrected chi connectivity index (χ0v) is 9.91. The van der Waals surface area contributed by atoms with E-state index in [1.807, 2.05) is 27.9 Å². The molecular weight excluding hydrogens is 196 g/mol. The number of likely N-dealkylation sites (N-methyl/N-ethyl adjacent to an activating group) is 1. The molecule has 0 spiro atoms. The van der Waals surface area contributed by atoms with Gasteiger partial charge in [0.1, 0.15) is 0 Å². The van der Waals surface area contributed by atoms with Crippen LogP contribution in [0.2, 0.25) is 0 Å². The Balaban J connectivity index is 3.84. The summed E-state index contributed by atoms with van der Waals surface area (Å²) in [4.78, 5) is 21.7. The van der Waals surface area contributed by atoms with Crippen LogP contribution in [0.4, 0.5) is 0 Å². The lowest BCUT2D eigenvalue weighted by molar-refractivity contribution is -0.881. The van der Waals surface area contributed by atoms with E-state index in [1.54, 1.807) is 0 Å². The van der Waals surface area contributed by atoms with Crippen molar-refractivity contribution in [1.29, 1.82) is 0 Å². The molecule has 0 unspecified atom stereocenters. The Labute approximate surface area is 90.7 Å². The summed E-state index contributed by atoms with van der Waals surface area (Å²) in [6, 6.07) is 0. The van der Waals surface area contributed by atoms with Crippen molar-refractivity contribution in [3.8, 4) is 0 Å². The van der Waals surface area contributed by atoms with Crippen LogP contribution >= 0.6 is 0 Å². The molecule has 1 amide bonds. The molecule has 0 atom stereocenters. The van der Waals surface area contributed by atoms with Crippen LogP contribution in [0.1, 0.15) is 13.8 Å². The lowest BCUT2D eigenvalue weighted by Crippen LogP contribution is -2.48. The number of nitrogens with one attached hydrogen (secondary N) is 1. The quantitative estimate of drug-likeness (QED) is 0.612. The van der Waals surface area contributed by atoms with Gasteiger partial charge >= 0.3 is 5.97 Å². The number of hydrogen-bond donors (Lipinski definition) is 2. The Kier molecular flexibility index (Phi) is 5.28. The number of carboxylic acids is 1. The molecule has 0 aliphatic heterocycles. The minimum Gasteiger partial charge on any atom is -0.477 e. The van der Waals surface area contributed by atoms with E-state index in [2.05, 4.69) is 5.32 Å². The topological polar surface area (TPSA) is 66.4 Å². The standard InChI is InChI=1S/C10H20N2O3/c1-8(2)10(15)11-5-6-12(3,4)7-9(13)14/h8H,5-7H2,1-4H3,(H-,11,13,14,15)/p+1. The number of amides is 1. The van der Waals surface area contributed by atoms with Gasteiger partial charge in [-0.25, -0.2) is 4.79 Å². The minimum atomic E-state index is -0.824. The first-order chi connectivity index (χ1) is 6.74. The van der Waals surface area contributed by atoms with Gasteiger partial charge in [0.25, 0.3) is 0 Å². The number of hydrogen-bond acceptors (Lipinski definition) is 2. The van der Waals surface area contributed by atoms with E-state index in [0.717, 1.165) is 0 Å². The van der Waals surface area contributed by atoms with Crippen LogP contribution in [0, 0.1) is 5.92 Å². The van der Waals surface area contributed by atoms with Crippen LogP contribution in [-0.2, 0) is 9.59 Å². The molecule has 5 nitrogen and oxygen atoms in total. The number of quaternary nitrogens is 1. The molecule has 0 heterocycles. The van der Waals surface area contributed by atoms with Gasteiger partial charge in [0.15, 0.2) is 6.54 Å². The summed E-state index contributed by atoms with van der Waals surface area (Å²) in [6.45, 7) is 4.85. The summed E-state index contributed by atoms with van der Waals surface area (Å²) >= 11 is 0. The summed E-state index contributed by atoms with van der Waals surface area (Å²) in [5.74, 6) is -0.847. The average Bonchev–Trinajstić information content (AvgIpc) is 2.00. The van der Waals surface area contributed by atoms with Crippen molar-refractivity contribution < 1.29 is 19.2 Å². The van der Waals surface area contributed by atoms with Crippen molar-refractivity contribution in [2.45, 2.75) is 13.8 Å². The molecule has 0 aromatic heterocycles. The van der Waals surface area contributed by atoms with Gasteiger partial charge < -0.3 is 14.9 Å². The minimum absolute atomic E-state index is 0.00493. The lowest BCUT2D eigenvalue weighted by atomic mass is 10.2. The first-order valence-corrected chi connectivity index (χ1v) is 5.06. The summed E-state index contributed by atoms with van der Waals surface area (Å²) < 4.78 is 0.369. The van der Waals surface area contributed by atoms with E-state index in [-0.39, 0.29) is 18.4 Å². The fourth-order valence-electron chi connectivity index (χ4n) is 1.13. The normalized spacial score (nSPS) is 11.5. The largest absolute Gasteiger partial charge is 0.477 e. The fourth-order valence-corrected chi connectivity index (χ4v) is 1.13. The molecule has 0 radical (unpaired) electrons. The monoisotopic (exact) mass is 217 g/mol. The molecule has 88 valence electrons. The third-order valence-electron chi connectivity index (χ3n) is 2.10. The van der Waals surface area contributed by atoms with Crippen LogP contribution in [0.5, 0.6) is 0 Å². The van der Waals surface area contributed by atoms with Gasteiger partial charge in [0, 0.05) is 5.92 Å². The van der Waals surface area contributed by atoms with Crippen LogP contribution < -0.4 is 5.32 Å². The van der Waals surface area contributed by atoms with E-state index in [0.29, 0.717) is 17.6 Å². The molecule has 0 aliphatic rings. The van der Waals surface area contributed by atoms with E-state index in [1.165, 1.54) is 0 Å². The van der Waals surface area contributed by atoms with Gasteiger partial charge in [-0.15, -0.1) is 0 Å². The first-order valence-electron chi connectivity index (χ1n) is 5.06. The van der Waals surface area contributed by atoms with Crippen molar-refractivity contribution in [3.63, 3.8) is 0 Å². The predicted molar refractivity (Wildman–Crippen MR) is 57.3 cm³/mol. The highest BCUT2D eigenvalue weighted by molar-refractivity contribution is 5.77. The third kappa shape index (κ3) is 6.90. The summed E-state index contributed by atoms with van der Waals surface area (Å²) in [5, 5.41) is 11.4. The third-order valence-corrected chi connectivity index (χ3v) is 2.10. The zero-order valence-electron chi connectivity index (χ0n) is 9.91. The van der Waals surface area contributed by atoms with Crippen LogP contribution in [0.25, 0.3) is 0 Å². The number of carboxylic acid groups (broad SMARTS) is 1. The van der Waals surface area contributed by atoms with Gasteiger partial charge in [-0.1, -0.05) is 13.8 Å². The second-order valence-electron chi connectivity index (χ2n) is 4.66. The zero-order chi connectivity index (χ0) is 12.1. The van der Waals surface area contributed by atoms with E-state index in [4.69, 9.17) is 5.11 Å². The Morgan fingerprint density at radius 3 is 2.27 bits per heavy atom. The molecule has 0 saturated heterocycles. The highest BCUT2D eigenvalue weighted by atomic mass is 16.4. The van der Waals surface area contributed by atoms with Crippen LogP contribution in [0.3, 0.4) is 0 Å². The SMILES string of the molecule is CC(C)C(=O)NCC[N+](C)(C)CC(=O)O. The van der Waals surface area contributed by atoms with Crippen molar-refractivity contribution >= 4 is 11.9 Å². The van der Waals surface area contributed by atoms with Gasteiger partial charge in [0.2, 0.25) is 5.91 Å². The molecule has 0 aliphatic carbocycles. The van der Waals surface area contributed by atoms with E-state index >= 15 is 0 Å². The van der Waals surface area contributed by atoms with E-state index in [9.17, 15) is 9.59 Å². The molecule has 0 bridgehead atoms. The fraction of sp³-hybridized carbons (Fsp3) is 0.800. The van der Waals surface area contributed by atoms with Crippen LogP contribution in [0.15, 0.2) is 0 Å². The highest BCUT2D eigenvalue weighted by Gasteiger charge is 2.19. The highest BCUT2D eigenvalue weighted by Crippen LogP contribution is 1.96. The first kappa shape index (κ1) is 13.9. The Morgan fingerprint density at radius 1 is 1.33 bits per heavy atom. The predicted octanol–water partition coefficient (Wildman–Crippen LogP) is -0.0804. The molecular formula is C10H21N2O3+. The van der Waals surface area contributed by atoms with Gasteiger partial charge in [-0.2, -0.15) is 0 Å². The smallest absolute Gasteiger partial charge is 0.359 e. The maximum atomic E-state index is 11.2. The molecule has 0 aromatic carbocycles. The van der Waals surface area contributed by atoms with Gasteiger partial charge in [-0.3, -0.25) is 4.79 Å². The van der Waals surface area contributed by atoms with Gasteiger partial charge in [0.05, 0.1) is 27.2 Å². The average molecular weight is 217 g/mol. The lowest BCUT2D eigenvalue weighted by Gasteiger charge is -2.27. The molecule has 0 saturated carbocycles. The van der Waals surface area contributed by atoms with Crippen molar-refractivity contribution in [3.05, 3.63) is 0 Å². The molecule has 5 heteroatoms. The molecule has 0 aromatic rings. The van der Waals surface area contributed by atoms with E-state index < -0.39 is 5.97 Å². The molecule has 2 N–H and O–H groups in total. The number of nitrogens with zero attached hydrogens (tertiary/aromatic N) is 1. The molecule has 0 fully saturated rings. The number of carbonyl (C=O) groups is 2. The second kappa shape index (κ2) is 5.70. The van der Waals surface area contributed by atoms with Gasteiger partial charge in [-0.05, 0) is 0 Å². The molecule has 15 heavy (non-hydrogen) atoms. The number of rotatable bonds is 6. The second-order valence-corrected chi connectivity index (χ2v) is 4.66. The molecule has 0 rings (SSSR count). The summed E-state index contributed by atoms with van der Waals surface area (Å²) in [5.41, 5.74) is 0. The number of aliphatic carboxylic acids is 1. The number of carbonyl (C=O) groups excluding carboxylic acids is 1. The van der Waals surface area contributed by atoms with Crippen molar-refractivity contribution in [2.75, 3.05) is 33.7 Å². The van der Waals surface area contributed by atoms with Crippen LogP contribution in [-0.4, -0.2) is 55.2 Å². The summed E-state index contributed by atoms with van der Waals surface area (Å²) in [7, 11) is 3.66. The maximum Gasteiger partial charge on any atom is 0.359 e. The Bertz CT molecular complexity index is 237. The summed E-state index contributed by atoms with van der Waals surface area (Å²) in [6.07, 6.45) is 0. The van der Waals surface area contributed by atoms with Crippen molar-refractivity contribution in [2.24, 2.45) is 5.92 Å². The van der Waals surface area contributed by atoms with Crippen molar-refractivity contribution in [1.82, 2.24) is 5.32 Å². The Morgan fingerprint density at radius 2 is 1.87 bits per heavy atom.